The number of fused-ring (bicyclic) bond motifs is 1. The number of likely N-dealkylation sites (tertiary alicyclic amines) is 1. The monoisotopic (exact) mass is 391 g/mol. The average molecular weight is 392 g/mol. The number of aryl methyl sites for hydroxylation is 1. The maximum Gasteiger partial charge on any atom is 0.225 e. The minimum atomic E-state index is 0.0525. The van der Waals surface area contributed by atoms with Gasteiger partial charge >= 0.3 is 0 Å². The summed E-state index contributed by atoms with van der Waals surface area (Å²) in [5.74, 6) is 1.77. The highest BCUT2D eigenvalue weighted by atomic mass is 16.1. The van der Waals surface area contributed by atoms with Crippen LogP contribution in [0.15, 0.2) is 42.9 Å². The van der Waals surface area contributed by atoms with Gasteiger partial charge in [-0.05, 0) is 47.9 Å². The van der Waals surface area contributed by atoms with E-state index in [2.05, 4.69) is 52.3 Å². The fraction of sp³-hybridized carbons (Fsp3) is 0.435. The number of benzene rings is 1. The number of aromatic nitrogens is 3. The lowest BCUT2D eigenvalue weighted by molar-refractivity contribution is -0.117. The number of rotatable bonds is 6. The van der Waals surface area contributed by atoms with Crippen molar-refractivity contribution >= 4 is 22.5 Å². The SMILES string of the molecule is CC(C)CN1CCC(CC(=O)Nc2cc3cc(-c4cnn(C)c4)ccc3cn2)C1. The van der Waals surface area contributed by atoms with Gasteiger partial charge in [-0.1, -0.05) is 26.0 Å². The van der Waals surface area contributed by atoms with E-state index in [1.807, 2.05) is 31.7 Å². The molecule has 1 saturated heterocycles. The Morgan fingerprint density at radius 3 is 2.83 bits per heavy atom. The summed E-state index contributed by atoms with van der Waals surface area (Å²) in [4.78, 5) is 19.4. The van der Waals surface area contributed by atoms with Gasteiger partial charge in [-0.25, -0.2) is 4.98 Å². The second-order valence-corrected chi connectivity index (χ2v) is 8.59. The minimum absolute atomic E-state index is 0.0525. The third-order valence-corrected chi connectivity index (χ3v) is 5.49. The van der Waals surface area contributed by atoms with E-state index in [1.54, 1.807) is 4.68 Å². The van der Waals surface area contributed by atoms with E-state index in [4.69, 9.17) is 0 Å². The molecule has 0 aliphatic carbocycles. The number of nitrogens with zero attached hydrogens (tertiary/aromatic N) is 4. The third-order valence-electron chi connectivity index (χ3n) is 5.49. The molecule has 1 N–H and O–H groups in total. The fourth-order valence-corrected chi connectivity index (χ4v) is 4.18. The number of hydrogen-bond donors (Lipinski definition) is 1. The van der Waals surface area contributed by atoms with E-state index < -0.39 is 0 Å². The highest BCUT2D eigenvalue weighted by Gasteiger charge is 2.25. The van der Waals surface area contributed by atoms with Crippen molar-refractivity contribution in [3.05, 3.63) is 42.9 Å². The zero-order valence-corrected chi connectivity index (χ0v) is 17.4. The van der Waals surface area contributed by atoms with Crippen molar-refractivity contribution in [3.8, 4) is 11.1 Å². The summed E-state index contributed by atoms with van der Waals surface area (Å²) in [5, 5.41) is 9.35. The van der Waals surface area contributed by atoms with E-state index in [0.717, 1.165) is 48.0 Å². The van der Waals surface area contributed by atoms with Gasteiger partial charge in [-0.2, -0.15) is 5.10 Å². The number of anilines is 1. The summed E-state index contributed by atoms with van der Waals surface area (Å²) in [6, 6.07) is 8.19. The van der Waals surface area contributed by atoms with Crippen molar-refractivity contribution < 1.29 is 4.79 Å². The molecule has 29 heavy (non-hydrogen) atoms. The standard InChI is InChI=1S/C23H29N5O/c1-16(2)13-28-7-6-17(14-28)8-23(29)26-22-10-20-9-18(4-5-19(20)11-24-22)21-12-25-27(3)15-21/h4-5,9-12,15-17H,6-8,13-14H2,1-3H3,(H,24,26,29). The van der Waals surface area contributed by atoms with Crippen molar-refractivity contribution in [3.63, 3.8) is 0 Å². The lowest BCUT2D eigenvalue weighted by Crippen LogP contribution is -2.26. The molecule has 4 rings (SSSR count). The van der Waals surface area contributed by atoms with Crippen LogP contribution >= 0.6 is 0 Å². The molecule has 0 saturated carbocycles. The first-order chi connectivity index (χ1) is 14.0. The van der Waals surface area contributed by atoms with Gasteiger partial charge in [0.15, 0.2) is 0 Å². The average Bonchev–Trinajstić information content (AvgIpc) is 3.29. The van der Waals surface area contributed by atoms with Crippen LogP contribution in [0.25, 0.3) is 21.9 Å². The molecule has 2 aromatic heterocycles. The van der Waals surface area contributed by atoms with Crippen LogP contribution < -0.4 is 5.32 Å². The largest absolute Gasteiger partial charge is 0.311 e. The van der Waals surface area contributed by atoms with Crippen LogP contribution in [-0.2, 0) is 11.8 Å². The third kappa shape index (κ3) is 4.82. The Morgan fingerprint density at radius 1 is 1.21 bits per heavy atom. The van der Waals surface area contributed by atoms with Crippen molar-refractivity contribution in [2.75, 3.05) is 25.0 Å². The normalized spacial score (nSPS) is 17.3. The molecule has 1 unspecified atom stereocenters. The molecule has 1 aliphatic rings. The summed E-state index contributed by atoms with van der Waals surface area (Å²) in [7, 11) is 1.91. The topological polar surface area (TPSA) is 63.1 Å². The van der Waals surface area contributed by atoms with E-state index in [1.165, 1.54) is 0 Å². The van der Waals surface area contributed by atoms with Gasteiger partial charge in [0.2, 0.25) is 5.91 Å². The number of nitrogens with one attached hydrogen (secondary N) is 1. The molecule has 1 atom stereocenters. The molecular formula is C23H29N5O. The molecule has 6 heteroatoms. The highest BCUT2D eigenvalue weighted by molar-refractivity contribution is 5.94. The van der Waals surface area contributed by atoms with E-state index in [9.17, 15) is 4.79 Å². The second-order valence-electron chi connectivity index (χ2n) is 8.59. The zero-order chi connectivity index (χ0) is 20.4. The summed E-state index contributed by atoms with van der Waals surface area (Å²) >= 11 is 0. The molecule has 0 radical (unpaired) electrons. The molecule has 3 heterocycles. The summed E-state index contributed by atoms with van der Waals surface area (Å²) in [6.07, 6.45) is 7.33. The number of carbonyl (C=O) groups excluding carboxylic acids is 1. The predicted molar refractivity (Wildman–Crippen MR) is 117 cm³/mol. The van der Waals surface area contributed by atoms with E-state index >= 15 is 0 Å². The summed E-state index contributed by atoms with van der Waals surface area (Å²) in [6.45, 7) is 7.71. The van der Waals surface area contributed by atoms with Gasteiger partial charge in [-0.3, -0.25) is 9.48 Å². The first kappa shape index (κ1) is 19.6. The van der Waals surface area contributed by atoms with E-state index in [-0.39, 0.29) is 5.91 Å². The van der Waals surface area contributed by atoms with Crippen LogP contribution in [0.5, 0.6) is 0 Å². The molecule has 6 nitrogen and oxygen atoms in total. The minimum Gasteiger partial charge on any atom is -0.311 e. The predicted octanol–water partition coefficient (Wildman–Crippen LogP) is 3.94. The molecule has 0 bridgehead atoms. The van der Waals surface area contributed by atoms with Crippen molar-refractivity contribution in [1.29, 1.82) is 0 Å². The molecule has 3 aromatic rings. The van der Waals surface area contributed by atoms with Crippen LogP contribution in [0, 0.1) is 11.8 Å². The van der Waals surface area contributed by atoms with Crippen LogP contribution in [0.1, 0.15) is 26.7 Å². The summed E-state index contributed by atoms with van der Waals surface area (Å²) in [5.41, 5.74) is 2.18. The van der Waals surface area contributed by atoms with Crippen LogP contribution in [0.2, 0.25) is 0 Å². The fourth-order valence-electron chi connectivity index (χ4n) is 4.18. The second kappa shape index (κ2) is 8.33. The Kier molecular flexibility index (Phi) is 5.62. The first-order valence-corrected chi connectivity index (χ1v) is 10.4. The molecular weight excluding hydrogens is 362 g/mol. The number of amides is 1. The quantitative estimate of drug-likeness (QED) is 0.691. The van der Waals surface area contributed by atoms with Crippen molar-refractivity contribution in [2.24, 2.45) is 18.9 Å². The maximum atomic E-state index is 12.5. The van der Waals surface area contributed by atoms with E-state index in [0.29, 0.717) is 24.1 Å². The Labute approximate surface area is 171 Å². The Hall–Kier alpha value is -2.73. The van der Waals surface area contributed by atoms with Gasteiger partial charge in [0.1, 0.15) is 5.82 Å². The van der Waals surface area contributed by atoms with Gasteiger partial charge in [0, 0.05) is 49.9 Å². The maximum absolute atomic E-state index is 12.5. The zero-order valence-electron chi connectivity index (χ0n) is 17.4. The highest BCUT2D eigenvalue weighted by Crippen LogP contribution is 2.26. The lowest BCUT2D eigenvalue weighted by Gasteiger charge is -2.18. The summed E-state index contributed by atoms with van der Waals surface area (Å²) < 4.78 is 1.79. The lowest BCUT2D eigenvalue weighted by atomic mass is 10.0. The van der Waals surface area contributed by atoms with Gasteiger partial charge < -0.3 is 10.2 Å². The Bertz CT molecular complexity index is 1010. The Morgan fingerprint density at radius 2 is 2.07 bits per heavy atom. The first-order valence-electron chi connectivity index (χ1n) is 10.4. The van der Waals surface area contributed by atoms with Gasteiger partial charge in [0.25, 0.3) is 0 Å². The smallest absolute Gasteiger partial charge is 0.225 e. The molecule has 1 amide bonds. The van der Waals surface area contributed by atoms with Crippen molar-refractivity contribution in [2.45, 2.75) is 26.7 Å². The van der Waals surface area contributed by atoms with Crippen LogP contribution in [0.4, 0.5) is 5.82 Å². The molecule has 1 aliphatic heterocycles. The molecule has 1 fully saturated rings. The number of pyridine rings is 1. The van der Waals surface area contributed by atoms with Gasteiger partial charge in [0.05, 0.1) is 6.20 Å². The molecule has 152 valence electrons. The Balaban J connectivity index is 1.42. The number of hydrogen-bond acceptors (Lipinski definition) is 4. The van der Waals surface area contributed by atoms with Gasteiger partial charge in [-0.15, -0.1) is 0 Å². The number of carbonyl (C=O) groups is 1. The van der Waals surface area contributed by atoms with Crippen LogP contribution in [-0.4, -0.2) is 45.2 Å². The molecule has 1 aromatic carbocycles. The van der Waals surface area contributed by atoms with Crippen LogP contribution in [0.3, 0.4) is 0 Å². The molecule has 0 spiro atoms. The van der Waals surface area contributed by atoms with Crippen molar-refractivity contribution in [1.82, 2.24) is 19.7 Å².